The van der Waals surface area contributed by atoms with E-state index in [1.807, 2.05) is 97.1 Å². The SMILES string of the molecule is [2H]C([2H])([2H])c1c[c-]c(-c2cc(-c3ccccc3)c(C([2H])([2H])[2H])cn2)cc1.[2H]C([2H])([2H])c1cc(-c2[c-]cc3c4c2Oc2ccccc2B4c2ccccc2O3)ncc1-c1ccccc1.[Ir]. The molecule has 0 spiro atoms. The van der Waals surface area contributed by atoms with Crippen molar-refractivity contribution in [3.8, 4) is 67.8 Å². The van der Waals surface area contributed by atoms with E-state index < -0.39 is 20.6 Å². The Morgan fingerprint density at radius 1 is 0.564 bits per heavy atom. The maximum Gasteiger partial charge on any atom is 0.239 e. The molecular formula is C49H35BIrN2O2-2. The summed E-state index contributed by atoms with van der Waals surface area (Å²) in [5, 5.41) is 0. The van der Waals surface area contributed by atoms with Gasteiger partial charge in [0.15, 0.2) is 0 Å². The third kappa shape index (κ3) is 6.92. The van der Waals surface area contributed by atoms with E-state index in [0.717, 1.165) is 39.0 Å². The van der Waals surface area contributed by atoms with Crippen LogP contribution >= 0.6 is 0 Å². The second-order valence-electron chi connectivity index (χ2n) is 12.9. The zero-order valence-electron chi connectivity index (χ0n) is 38.1. The van der Waals surface area contributed by atoms with Crippen LogP contribution in [0.4, 0.5) is 0 Å². The summed E-state index contributed by atoms with van der Waals surface area (Å²) in [6.45, 7) is -6.89. The molecule has 55 heavy (non-hydrogen) atoms. The Hall–Kier alpha value is -6.07. The van der Waals surface area contributed by atoms with Gasteiger partial charge in [-0.25, -0.2) is 0 Å². The van der Waals surface area contributed by atoms with Crippen molar-refractivity contribution in [2.75, 3.05) is 0 Å². The van der Waals surface area contributed by atoms with Crippen LogP contribution in [0.2, 0.25) is 0 Å². The van der Waals surface area contributed by atoms with E-state index in [2.05, 4.69) is 29.2 Å². The minimum Gasteiger partial charge on any atom is -0.503 e. The van der Waals surface area contributed by atoms with Crippen LogP contribution < -0.4 is 25.9 Å². The molecule has 6 heteroatoms. The molecule has 8 aromatic rings. The summed E-state index contributed by atoms with van der Waals surface area (Å²) in [6, 6.07) is 50.6. The topological polar surface area (TPSA) is 44.2 Å². The van der Waals surface area contributed by atoms with Gasteiger partial charge in [0.25, 0.3) is 0 Å². The Balaban J connectivity index is 0.000000184. The maximum absolute atomic E-state index is 8.24. The van der Waals surface area contributed by atoms with Crippen LogP contribution in [0.15, 0.2) is 158 Å². The molecule has 0 unspecified atom stereocenters. The Bertz CT molecular complexity index is 2970. The van der Waals surface area contributed by atoms with E-state index in [4.69, 9.17) is 26.8 Å². The Kier molecular flexibility index (Phi) is 7.44. The molecular weight excluding hydrogens is 852 g/mol. The number of rotatable bonds is 4. The van der Waals surface area contributed by atoms with Crippen molar-refractivity contribution in [3.05, 3.63) is 187 Å². The van der Waals surface area contributed by atoms with Gasteiger partial charge in [0.1, 0.15) is 11.5 Å². The summed E-state index contributed by atoms with van der Waals surface area (Å²) >= 11 is 0. The van der Waals surface area contributed by atoms with Gasteiger partial charge in [0, 0.05) is 61.9 Å². The summed E-state index contributed by atoms with van der Waals surface area (Å²) in [4.78, 5) is 8.97. The van der Waals surface area contributed by atoms with Crippen LogP contribution in [-0.4, -0.2) is 16.7 Å². The van der Waals surface area contributed by atoms with Gasteiger partial charge in [-0.15, -0.1) is 47.5 Å². The normalized spacial score (nSPS) is 14.8. The van der Waals surface area contributed by atoms with Crippen molar-refractivity contribution in [3.63, 3.8) is 0 Å². The van der Waals surface area contributed by atoms with Crippen LogP contribution in [-0.2, 0) is 20.1 Å². The van der Waals surface area contributed by atoms with E-state index in [1.165, 1.54) is 18.3 Å². The Morgan fingerprint density at radius 2 is 1.22 bits per heavy atom. The zero-order valence-corrected chi connectivity index (χ0v) is 31.5. The smallest absolute Gasteiger partial charge is 0.239 e. The molecule has 0 bridgehead atoms. The first-order valence-corrected chi connectivity index (χ1v) is 17.4. The molecule has 4 nitrogen and oxygen atoms in total. The second-order valence-corrected chi connectivity index (χ2v) is 12.9. The predicted octanol–water partition coefficient (Wildman–Crippen LogP) is 10.1. The summed E-state index contributed by atoms with van der Waals surface area (Å²) in [5.74, 6) is 2.82. The van der Waals surface area contributed by atoms with Gasteiger partial charge in [-0.1, -0.05) is 127 Å². The van der Waals surface area contributed by atoms with Gasteiger partial charge < -0.3 is 19.4 Å². The molecule has 267 valence electrons. The summed E-state index contributed by atoms with van der Waals surface area (Å²) in [5.41, 5.74) is 8.58. The molecule has 0 aliphatic carbocycles. The molecule has 2 aliphatic rings. The van der Waals surface area contributed by atoms with Gasteiger partial charge in [-0.05, 0) is 76.0 Å². The molecule has 0 N–H and O–H groups in total. The number of aryl methyl sites for hydroxylation is 3. The quantitative estimate of drug-likeness (QED) is 0.130. The number of pyridine rings is 2. The number of aromatic nitrogens is 2. The van der Waals surface area contributed by atoms with Gasteiger partial charge in [0.05, 0.1) is 0 Å². The van der Waals surface area contributed by atoms with Crippen molar-refractivity contribution in [2.24, 2.45) is 0 Å². The van der Waals surface area contributed by atoms with Crippen molar-refractivity contribution >= 4 is 23.1 Å². The molecule has 4 heterocycles. The minimum absolute atomic E-state index is 0. The number of para-hydroxylation sites is 2. The first-order valence-electron chi connectivity index (χ1n) is 21.9. The third-order valence-corrected chi connectivity index (χ3v) is 9.59. The summed E-state index contributed by atoms with van der Waals surface area (Å²) in [6.07, 6.45) is 2.99. The van der Waals surface area contributed by atoms with Gasteiger partial charge in [-0.2, -0.15) is 0 Å². The van der Waals surface area contributed by atoms with Crippen molar-refractivity contribution in [1.29, 1.82) is 0 Å². The molecule has 0 amide bonds. The Labute approximate surface area is 349 Å². The molecule has 2 aromatic heterocycles. The van der Waals surface area contributed by atoms with Gasteiger partial charge in [0.2, 0.25) is 6.71 Å². The van der Waals surface area contributed by atoms with Crippen molar-refractivity contribution in [2.45, 2.75) is 20.6 Å². The fraction of sp³-hybridized carbons (Fsp3) is 0.0612. The first-order chi connectivity index (χ1) is 30.1. The van der Waals surface area contributed by atoms with Gasteiger partial charge >= 0.3 is 0 Å². The molecule has 6 aromatic carbocycles. The molecule has 0 saturated carbocycles. The molecule has 0 saturated heterocycles. The molecule has 10 rings (SSSR count). The van der Waals surface area contributed by atoms with Crippen LogP contribution in [0, 0.1) is 32.7 Å². The predicted molar refractivity (Wildman–Crippen MR) is 220 cm³/mol. The summed E-state index contributed by atoms with van der Waals surface area (Å²) < 4.78 is 83.0. The summed E-state index contributed by atoms with van der Waals surface area (Å²) in [7, 11) is 0. The van der Waals surface area contributed by atoms with Crippen molar-refractivity contribution in [1.82, 2.24) is 9.97 Å². The van der Waals surface area contributed by atoms with E-state index in [0.29, 0.717) is 45.1 Å². The van der Waals surface area contributed by atoms with Gasteiger partial charge in [-0.3, -0.25) is 0 Å². The fourth-order valence-electron chi connectivity index (χ4n) is 7.00. The average Bonchev–Trinajstić information content (AvgIpc) is 3.28. The average molecular weight is 896 g/mol. The van der Waals surface area contributed by atoms with Crippen LogP contribution in [0.25, 0.3) is 44.8 Å². The van der Waals surface area contributed by atoms with E-state index >= 15 is 0 Å². The number of benzene rings is 6. The second kappa shape index (κ2) is 15.4. The van der Waals surface area contributed by atoms with Crippen molar-refractivity contribution < 1.29 is 41.9 Å². The van der Waals surface area contributed by atoms with E-state index in [-0.39, 0.29) is 43.5 Å². The largest absolute Gasteiger partial charge is 0.503 e. The number of hydrogen-bond donors (Lipinski definition) is 0. The van der Waals surface area contributed by atoms with Crippen LogP contribution in [0.1, 0.15) is 29.0 Å². The molecule has 0 atom stereocenters. The number of nitrogens with zero attached hydrogens (tertiary/aromatic N) is 2. The zero-order chi connectivity index (χ0) is 44.1. The Morgan fingerprint density at radius 3 is 1.89 bits per heavy atom. The molecule has 0 fully saturated rings. The van der Waals surface area contributed by atoms with E-state index in [1.54, 1.807) is 30.5 Å². The van der Waals surface area contributed by atoms with Crippen LogP contribution in [0.3, 0.4) is 0 Å². The number of hydrogen-bond acceptors (Lipinski definition) is 4. The number of fused-ring (bicyclic) bond motifs is 4. The monoisotopic (exact) mass is 896 g/mol. The maximum atomic E-state index is 8.24. The fourth-order valence-corrected chi connectivity index (χ4v) is 7.00. The number of ether oxygens (including phenoxy) is 2. The first kappa shape index (κ1) is 26.7. The standard InChI is InChI=1S/C30H19BNO2.C19H16N.Ir/c1-19-17-25(32-18-22(19)20-9-3-2-4-10-20)21-15-16-28-29-30(21)34-27-14-8-6-12-24(27)31(29)23-11-5-7-13-26(23)33-28;1-14-8-10-17(11-9-14)19-12-18(15(2)13-20-19)16-6-4-3-5-7-16;/h2-14,16-18H,1H3;3-10,12-13H,1-2H3;/q2*-1;/i1D3;1D3,2D3;. The minimum atomic E-state index is -2.33. The third-order valence-electron chi connectivity index (χ3n) is 9.59. The molecule has 2 aliphatic heterocycles. The van der Waals surface area contributed by atoms with Crippen LogP contribution in [0.5, 0.6) is 23.0 Å². The molecule has 1 radical (unpaired) electrons. The van der Waals surface area contributed by atoms with E-state index in [9.17, 15) is 0 Å².